The molecule has 1 aliphatic carbocycles. The Balaban J connectivity index is 2.12. The number of carbonyl (C=O) groups is 1. The summed E-state index contributed by atoms with van der Waals surface area (Å²) in [6, 6.07) is 2.32. The lowest BCUT2D eigenvalue weighted by molar-refractivity contribution is 0.0977. The van der Waals surface area contributed by atoms with Crippen LogP contribution in [0, 0.1) is 5.82 Å². The Kier molecular flexibility index (Phi) is 6.38. The summed E-state index contributed by atoms with van der Waals surface area (Å²) in [5, 5.41) is 0.165. The molecule has 1 atom stereocenters. The summed E-state index contributed by atoms with van der Waals surface area (Å²) in [6.45, 7) is 0. The van der Waals surface area contributed by atoms with Crippen LogP contribution in [0.5, 0.6) is 5.75 Å². The fourth-order valence-electron chi connectivity index (χ4n) is 2.38. The van der Waals surface area contributed by atoms with Crippen LogP contribution in [0.4, 0.5) is 4.39 Å². The van der Waals surface area contributed by atoms with Crippen LogP contribution in [-0.4, -0.2) is 34.6 Å². The number of hydrogen-bond donors (Lipinski definition) is 1. The average Bonchev–Trinajstić information content (AvgIpc) is 2.51. The highest BCUT2D eigenvalue weighted by atomic mass is 35.5. The Hall–Kier alpha value is -1.18. The largest absolute Gasteiger partial charge is 0.489 e. The van der Waals surface area contributed by atoms with Crippen molar-refractivity contribution in [3.63, 3.8) is 0 Å². The molecule has 0 spiro atoms. The third-order valence-corrected chi connectivity index (χ3v) is 4.94. The minimum atomic E-state index is -1.74. The van der Waals surface area contributed by atoms with Gasteiger partial charge in [-0.25, -0.2) is 12.9 Å². The number of nitrogens with one attached hydrogen (secondary N) is 1. The molecule has 0 heterocycles. The highest BCUT2D eigenvalue weighted by molar-refractivity contribution is 7.81. The maximum absolute atomic E-state index is 14.2. The molecule has 0 bridgehead atoms. The minimum absolute atomic E-state index is 0.0292. The van der Waals surface area contributed by atoms with Gasteiger partial charge >= 0.3 is 0 Å². The molecule has 1 fully saturated rings. The third kappa shape index (κ3) is 4.89. The maximum Gasteiger partial charge on any atom is 0.266 e. The summed E-state index contributed by atoms with van der Waals surface area (Å²) in [5.74, 6) is -1.31. The number of amides is 1. The van der Waals surface area contributed by atoms with Gasteiger partial charge in [-0.05, 0) is 31.7 Å². The standard InChI is InChI=1S/C15H20ClFN2O3S/c1-19(2)23(21)18-15(20)11-8-12(16)14(9-13(11)17)22-10-6-4-3-5-7-10/h8-10H,3-7H2,1-2H3,(H,18,20). The fraction of sp³-hybridized carbons (Fsp3) is 0.533. The summed E-state index contributed by atoms with van der Waals surface area (Å²) in [7, 11) is 3.06. The van der Waals surface area contributed by atoms with E-state index in [1.54, 1.807) is 0 Å². The molecular formula is C15H20ClFN2O3S. The van der Waals surface area contributed by atoms with Crippen LogP contribution in [0.2, 0.25) is 5.02 Å². The number of rotatable bonds is 5. The number of halogens is 2. The first-order chi connectivity index (χ1) is 10.9. The zero-order valence-corrected chi connectivity index (χ0v) is 14.7. The number of carbonyl (C=O) groups excluding carboxylic acids is 1. The van der Waals surface area contributed by atoms with Crippen molar-refractivity contribution >= 4 is 28.7 Å². The summed E-state index contributed by atoms with van der Waals surface area (Å²) < 4.78 is 35.0. The number of hydrogen-bond acceptors (Lipinski definition) is 3. The molecule has 1 N–H and O–H groups in total. The van der Waals surface area contributed by atoms with E-state index in [1.807, 2.05) is 0 Å². The van der Waals surface area contributed by atoms with Crippen LogP contribution in [0.25, 0.3) is 0 Å². The molecule has 5 nitrogen and oxygen atoms in total. The zero-order valence-electron chi connectivity index (χ0n) is 13.1. The van der Waals surface area contributed by atoms with Gasteiger partial charge in [-0.3, -0.25) is 9.52 Å². The van der Waals surface area contributed by atoms with E-state index in [0.29, 0.717) is 0 Å². The molecule has 1 aliphatic rings. The van der Waals surface area contributed by atoms with Crippen LogP contribution in [-0.2, 0) is 11.2 Å². The first kappa shape index (κ1) is 18.2. The van der Waals surface area contributed by atoms with Gasteiger partial charge in [0.05, 0.1) is 16.7 Å². The second-order valence-corrected chi connectivity index (χ2v) is 7.47. The predicted octanol–water partition coefficient (Wildman–Crippen LogP) is 3.06. The monoisotopic (exact) mass is 362 g/mol. The van der Waals surface area contributed by atoms with Crippen LogP contribution in [0.1, 0.15) is 42.5 Å². The number of ether oxygens (including phenoxy) is 1. The molecule has 0 saturated heterocycles. The van der Waals surface area contributed by atoms with Crippen LogP contribution >= 0.6 is 11.6 Å². The SMILES string of the molecule is CN(C)S(=O)NC(=O)c1cc(Cl)c(OC2CCCCC2)cc1F. The van der Waals surface area contributed by atoms with Crippen molar-refractivity contribution in [3.05, 3.63) is 28.5 Å². The Labute approximate surface area is 142 Å². The Morgan fingerprint density at radius 2 is 2.00 bits per heavy atom. The predicted molar refractivity (Wildman–Crippen MR) is 88.2 cm³/mol. The molecule has 23 heavy (non-hydrogen) atoms. The van der Waals surface area contributed by atoms with Gasteiger partial charge in [0, 0.05) is 20.2 Å². The molecule has 1 amide bonds. The first-order valence-corrected chi connectivity index (χ1v) is 8.93. The normalized spacial score (nSPS) is 17.1. The van der Waals surface area contributed by atoms with Gasteiger partial charge < -0.3 is 4.74 Å². The molecule has 8 heteroatoms. The smallest absolute Gasteiger partial charge is 0.266 e. The quantitative estimate of drug-likeness (QED) is 0.875. The molecule has 128 valence electrons. The Morgan fingerprint density at radius 3 is 2.61 bits per heavy atom. The van der Waals surface area contributed by atoms with Crippen molar-refractivity contribution < 1.29 is 18.1 Å². The van der Waals surface area contributed by atoms with Crippen LogP contribution in [0.15, 0.2) is 12.1 Å². The number of benzene rings is 1. The highest BCUT2D eigenvalue weighted by Gasteiger charge is 2.21. The molecule has 0 aliphatic heterocycles. The van der Waals surface area contributed by atoms with Gasteiger partial charge in [-0.1, -0.05) is 18.0 Å². The maximum atomic E-state index is 14.2. The molecule has 1 aromatic carbocycles. The molecular weight excluding hydrogens is 343 g/mol. The van der Waals surface area contributed by atoms with Gasteiger partial charge in [0.25, 0.3) is 5.91 Å². The zero-order chi connectivity index (χ0) is 17.0. The molecule has 1 aromatic rings. The van der Waals surface area contributed by atoms with Crippen molar-refractivity contribution in [2.24, 2.45) is 0 Å². The van der Waals surface area contributed by atoms with Gasteiger partial charge in [-0.2, -0.15) is 0 Å². The lowest BCUT2D eigenvalue weighted by Gasteiger charge is -2.23. The Morgan fingerprint density at radius 1 is 1.35 bits per heavy atom. The van der Waals surface area contributed by atoms with Gasteiger partial charge in [0.1, 0.15) is 11.6 Å². The molecule has 2 rings (SSSR count). The third-order valence-electron chi connectivity index (χ3n) is 3.62. The lowest BCUT2D eigenvalue weighted by atomic mass is 9.98. The van der Waals surface area contributed by atoms with Crippen LogP contribution in [0.3, 0.4) is 0 Å². The van der Waals surface area contributed by atoms with Gasteiger partial charge in [0.15, 0.2) is 11.2 Å². The van der Waals surface area contributed by atoms with Crippen molar-refractivity contribution in [1.82, 2.24) is 9.03 Å². The molecule has 0 aromatic heterocycles. The van der Waals surface area contributed by atoms with E-state index in [2.05, 4.69) is 4.72 Å². The summed E-state index contributed by atoms with van der Waals surface area (Å²) >= 11 is 4.37. The van der Waals surface area contributed by atoms with Crippen molar-refractivity contribution in [2.45, 2.75) is 38.2 Å². The summed E-state index contributed by atoms with van der Waals surface area (Å²) in [4.78, 5) is 12.0. The van der Waals surface area contributed by atoms with Gasteiger partial charge in [-0.15, -0.1) is 0 Å². The topological polar surface area (TPSA) is 58.6 Å². The van der Waals surface area contributed by atoms with E-state index >= 15 is 0 Å². The van der Waals surface area contributed by atoms with Crippen molar-refractivity contribution in [2.75, 3.05) is 14.1 Å². The minimum Gasteiger partial charge on any atom is -0.489 e. The highest BCUT2D eigenvalue weighted by Crippen LogP contribution is 2.31. The van der Waals surface area contributed by atoms with E-state index in [9.17, 15) is 13.4 Å². The van der Waals surface area contributed by atoms with E-state index in [-0.39, 0.29) is 22.4 Å². The molecule has 1 unspecified atom stereocenters. The second kappa shape index (κ2) is 8.08. The first-order valence-electron chi connectivity index (χ1n) is 7.44. The van der Waals surface area contributed by atoms with E-state index in [0.717, 1.165) is 31.7 Å². The van der Waals surface area contributed by atoms with Gasteiger partial charge in [0.2, 0.25) is 0 Å². The summed E-state index contributed by atoms with van der Waals surface area (Å²) in [6.07, 6.45) is 5.22. The van der Waals surface area contributed by atoms with Crippen molar-refractivity contribution in [3.8, 4) is 5.75 Å². The fourth-order valence-corrected chi connectivity index (χ4v) is 3.04. The summed E-state index contributed by atoms with van der Waals surface area (Å²) in [5.41, 5.74) is -0.263. The van der Waals surface area contributed by atoms with Crippen molar-refractivity contribution in [1.29, 1.82) is 0 Å². The Bertz CT molecular complexity index is 607. The second-order valence-electron chi connectivity index (χ2n) is 5.63. The molecule has 0 radical (unpaired) electrons. The van der Waals surface area contributed by atoms with E-state index in [4.69, 9.17) is 16.3 Å². The lowest BCUT2D eigenvalue weighted by Crippen LogP contribution is -2.34. The van der Waals surface area contributed by atoms with E-state index in [1.165, 1.54) is 30.9 Å². The molecule has 1 saturated carbocycles. The number of nitrogens with zero attached hydrogens (tertiary/aromatic N) is 1. The average molecular weight is 363 g/mol. The van der Waals surface area contributed by atoms with Crippen LogP contribution < -0.4 is 9.46 Å². The van der Waals surface area contributed by atoms with E-state index < -0.39 is 22.9 Å².